The minimum Gasteiger partial charge on any atom is -0.463 e. The highest BCUT2D eigenvalue weighted by atomic mass is 31.2. The van der Waals surface area contributed by atoms with Gasteiger partial charge in [-0.25, -0.2) is 4.57 Å². The van der Waals surface area contributed by atoms with Crippen molar-refractivity contribution in [1.82, 2.24) is 0 Å². The second-order valence-electron chi connectivity index (χ2n) is 32.8. The van der Waals surface area contributed by atoms with Gasteiger partial charge in [0, 0.05) is 25.7 Å². The van der Waals surface area contributed by atoms with E-state index >= 15 is 0 Å². The lowest BCUT2D eigenvalue weighted by atomic mass is 9.84. The molecule has 1 aliphatic carbocycles. The molecule has 115 heavy (non-hydrogen) atoms. The third kappa shape index (κ3) is 49.0. The van der Waals surface area contributed by atoms with Gasteiger partial charge in [-0.1, -0.05) is 309 Å². The van der Waals surface area contributed by atoms with Gasteiger partial charge in [0.05, 0.1) is 13.2 Å². The molecule has 10 N–H and O–H groups in total. The lowest BCUT2D eigenvalue weighted by Gasteiger charge is -2.50. The summed E-state index contributed by atoms with van der Waals surface area (Å²) in [4.78, 5) is 66.4. The summed E-state index contributed by atoms with van der Waals surface area (Å²) >= 11 is 0. The molecule has 25 nitrogen and oxygen atoms in total. The van der Waals surface area contributed by atoms with E-state index in [1.807, 2.05) is 0 Å². The van der Waals surface area contributed by atoms with Gasteiger partial charge in [-0.05, 0) is 77.0 Å². The Morgan fingerprint density at radius 2 is 0.652 bits per heavy atom. The maximum atomic E-state index is 14.9. The summed E-state index contributed by atoms with van der Waals surface area (Å²) in [6, 6.07) is 0. The van der Waals surface area contributed by atoms with Crippen LogP contribution in [0.5, 0.6) is 0 Å². The van der Waals surface area contributed by atoms with Crippen molar-refractivity contribution in [2.45, 2.75) is 491 Å². The molecule has 1 saturated carbocycles. The van der Waals surface area contributed by atoms with Crippen LogP contribution < -0.4 is 0 Å². The summed E-state index contributed by atoms with van der Waals surface area (Å²) in [7, 11) is -5.81. The number of esters is 4. The summed E-state index contributed by atoms with van der Waals surface area (Å²) in [6.45, 7) is 5.56. The third-order valence-electron chi connectivity index (χ3n) is 22.4. The predicted molar refractivity (Wildman–Crippen MR) is 444 cm³/mol. The van der Waals surface area contributed by atoms with Gasteiger partial charge in [0.2, 0.25) is 0 Å². The molecule has 2 heterocycles. The van der Waals surface area contributed by atoms with Crippen LogP contribution in [0.4, 0.5) is 0 Å². The molecule has 0 aromatic carbocycles. The molecule has 3 fully saturated rings. The van der Waals surface area contributed by atoms with Crippen molar-refractivity contribution in [2.75, 3.05) is 26.4 Å². The summed E-state index contributed by atoms with van der Waals surface area (Å²) in [6.07, 6.45) is 27.5. The van der Waals surface area contributed by atoms with Crippen LogP contribution in [0.3, 0.4) is 0 Å². The molecule has 674 valence electrons. The zero-order valence-electron chi connectivity index (χ0n) is 71.6. The van der Waals surface area contributed by atoms with Crippen molar-refractivity contribution in [3.8, 4) is 0 Å². The quantitative estimate of drug-likeness (QED) is 0.00889. The molecule has 0 amide bonds. The highest BCUT2D eigenvalue weighted by molar-refractivity contribution is 7.47. The van der Waals surface area contributed by atoms with E-state index in [2.05, 4.69) is 52.0 Å². The number of carbonyl (C=O) groups excluding carboxylic acids is 4. The second-order valence-corrected chi connectivity index (χ2v) is 34.2. The summed E-state index contributed by atoms with van der Waals surface area (Å²) < 4.78 is 73.3. The number of phosphoric acid groups is 1. The molecule has 26 heteroatoms. The number of phosphoric ester groups is 1. The smallest absolute Gasteiger partial charge is 0.463 e. The van der Waals surface area contributed by atoms with Gasteiger partial charge in [0.25, 0.3) is 0 Å². The number of aliphatic hydroxyl groups is 9. The Hall–Kier alpha value is -3.05. The number of allylic oxidation sites excluding steroid dienone is 4. The van der Waals surface area contributed by atoms with Crippen LogP contribution in [0.2, 0.25) is 0 Å². The minimum atomic E-state index is -5.81. The Labute approximate surface area is 692 Å². The number of unbranched alkanes of at least 4 members (excludes halogenated alkanes) is 46. The van der Waals surface area contributed by atoms with Gasteiger partial charge in [-0.3, -0.25) is 28.2 Å². The van der Waals surface area contributed by atoms with Gasteiger partial charge < -0.3 is 88.7 Å². The molecule has 0 aromatic heterocycles. The molecule has 0 spiro atoms. The van der Waals surface area contributed by atoms with Crippen molar-refractivity contribution in [3.63, 3.8) is 0 Å². The number of aliphatic hydroxyl groups excluding tert-OH is 9. The second kappa shape index (κ2) is 68.5. The highest BCUT2D eigenvalue weighted by Gasteiger charge is 2.60. The van der Waals surface area contributed by atoms with Crippen LogP contribution in [0.1, 0.15) is 387 Å². The molecular formula is C89H163O25P. The topological polar surface area (TPSA) is 380 Å². The van der Waals surface area contributed by atoms with E-state index in [0.29, 0.717) is 38.5 Å². The van der Waals surface area contributed by atoms with Gasteiger partial charge >= 0.3 is 31.7 Å². The molecule has 18 unspecified atom stereocenters. The summed E-state index contributed by atoms with van der Waals surface area (Å²) in [5, 5.41) is 102. The molecule has 0 bridgehead atoms. The maximum Gasteiger partial charge on any atom is 0.472 e. The van der Waals surface area contributed by atoms with Gasteiger partial charge in [-0.15, -0.1) is 0 Å². The van der Waals surface area contributed by atoms with E-state index < -0.39 is 162 Å². The Balaban J connectivity index is 1.93. The van der Waals surface area contributed by atoms with Crippen LogP contribution in [0, 0.1) is 0 Å². The van der Waals surface area contributed by atoms with Crippen molar-refractivity contribution in [3.05, 3.63) is 24.3 Å². The van der Waals surface area contributed by atoms with E-state index in [0.717, 1.165) is 154 Å². The average Bonchev–Trinajstić information content (AvgIpc) is 0.750. The molecule has 3 aliphatic rings. The van der Waals surface area contributed by atoms with Crippen LogP contribution in [0.25, 0.3) is 0 Å². The lowest BCUT2D eigenvalue weighted by molar-refractivity contribution is -0.360. The Morgan fingerprint density at radius 1 is 0.339 bits per heavy atom. The molecule has 2 saturated heterocycles. The van der Waals surface area contributed by atoms with E-state index in [4.69, 9.17) is 46.9 Å². The fourth-order valence-corrected chi connectivity index (χ4v) is 16.0. The molecule has 3 rings (SSSR count). The Morgan fingerprint density at radius 3 is 1.04 bits per heavy atom. The first-order valence-corrected chi connectivity index (χ1v) is 47.6. The van der Waals surface area contributed by atoms with E-state index in [1.54, 1.807) is 0 Å². The largest absolute Gasteiger partial charge is 0.472 e. The average molecular weight is 1660 g/mol. The minimum absolute atomic E-state index is 0.0165. The van der Waals surface area contributed by atoms with E-state index in [9.17, 15) is 74.6 Å². The van der Waals surface area contributed by atoms with Crippen LogP contribution >= 0.6 is 7.82 Å². The first kappa shape index (κ1) is 106. The van der Waals surface area contributed by atoms with Crippen molar-refractivity contribution in [2.24, 2.45) is 0 Å². The summed E-state index contributed by atoms with van der Waals surface area (Å²) in [5.41, 5.74) is 0. The standard InChI is InChI=1S/C89H163O25P/c1-5-9-13-17-21-25-29-33-35-39-43-47-51-55-59-63-74(93)108-69(66-105-72(91)61-57-53-49-45-41-37-31-27-23-19-15-11-7-3)67-107-115(103,104)114-87-85(112-88-82(101)78(97)76(95)70(65-90)109-88)81(100)80(99)84(111-75(94)64-60-56-52-48-44-40-36-34-30-26-22-18-14-10-6-2)86(87)113-89-83(102)79(98)77(96)71(110-89)68-106-73(92)62-58-54-50-46-42-38-32-28-24-20-16-12-8-4/h25-26,29-30,69-71,76-90,95-102H,5-24,27-28,31-68H2,1-4H3,(H,103,104)/b29-25-,30-26-. The Kier molecular flexibility index (Phi) is 63.2. The first-order valence-electron chi connectivity index (χ1n) is 46.1. The maximum absolute atomic E-state index is 14.9. The zero-order chi connectivity index (χ0) is 84.0. The molecule has 2 aliphatic heterocycles. The predicted octanol–water partition coefficient (Wildman–Crippen LogP) is 16.5. The Bertz CT molecular complexity index is 2490. The fraction of sp³-hybridized carbons (Fsp3) is 0.910. The first-order chi connectivity index (χ1) is 55.7. The molecule has 18 atom stereocenters. The van der Waals surface area contributed by atoms with Gasteiger partial charge in [0.15, 0.2) is 24.8 Å². The number of rotatable bonds is 74. The normalized spacial score (nSPS) is 25.3. The van der Waals surface area contributed by atoms with Crippen molar-refractivity contribution < 1.29 is 122 Å². The van der Waals surface area contributed by atoms with E-state index in [1.165, 1.54) is 141 Å². The van der Waals surface area contributed by atoms with Crippen LogP contribution in [0.15, 0.2) is 24.3 Å². The number of ether oxygens (including phenoxy) is 8. The van der Waals surface area contributed by atoms with Gasteiger partial charge in [0.1, 0.15) is 92.6 Å². The molecule has 0 aromatic rings. The third-order valence-corrected chi connectivity index (χ3v) is 23.4. The van der Waals surface area contributed by atoms with Crippen LogP contribution in [-0.4, -0.2) is 205 Å². The monoisotopic (exact) mass is 1660 g/mol. The SMILES string of the molecule is CCCCCC/C=C\CCCCCCCCCC(=O)OC(COC(=O)CCCCCCCCCCCCCCC)COP(=O)(O)OC1C(OC2OC(CO)C(O)C(O)C2O)C(O)C(O)C(OC(=O)CCCCCCCCC/C=C\CCCCCC)C1OC1OC(COC(=O)CCCCCCCCCCCCCCC)C(O)C(O)C1O. The highest BCUT2D eigenvalue weighted by Crippen LogP contribution is 2.49. The number of hydrogen-bond acceptors (Lipinski definition) is 24. The van der Waals surface area contributed by atoms with Crippen LogP contribution in [-0.2, 0) is 70.7 Å². The zero-order valence-corrected chi connectivity index (χ0v) is 72.5. The number of hydrogen-bond donors (Lipinski definition) is 10. The van der Waals surface area contributed by atoms with E-state index in [-0.39, 0.29) is 25.7 Å². The summed E-state index contributed by atoms with van der Waals surface area (Å²) in [5.74, 6) is -2.97. The number of carbonyl (C=O) groups is 4. The lowest BCUT2D eigenvalue weighted by Crippen LogP contribution is -2.70. The fourth-order valence-electron chi connectivity index (χ4n) is 15.1. The van der Waals surface area contributed by atoms with Crippen molar-refractivity contribution >= 4 is 31.7 Å². The van der Waals surface area contributed by atoms with Crippen molar-refractivity contribution in [1.29, 1.82) is 0 Å². The molecular weight excluding hydrogens is 1500 g/mol. The van der Waals surface area contributed by atoms with Gasteiger partial charge in [-0.2, -0.15) is 0 Å². The molecule has 0 radical (unpaired) electrons.